The summed E-state index contributed by atoms with van der Waals surface area (Å²) in [5.74, 6) is 0.683. The van der Waals surface area contributed by atoms with Crippen LogP contribution in [0.5, 0.6) is 0 Å². The van der Waals surface area contributed by atoms with Crippen LogP contribution < -0.4 is 11.1 Å². The van der Waals surface area contributed by atoms with E-state index in [1.54, 1.807) is 14.2 Å². The lowest BCUT2D eigenvalue weighted by Crippen LogP contribution is -2.51. The van der Waals surface area contributed by atoms with Gasteiger partial charge in [0.1, 0.15) is 0 Å². The fraction of sp³-hybridized carbons (Fsp3) is 0.929. The van der Waals surface area contributed by atoms with E-state index in [1.165, 1.54) is 0 Å². The maximum atomic E-state index is 12.1. The molecule has 0 saturated heterocycles. The Morgan fingerprint density at radius 1 is 1.05 bits per heavy atom. The summed E-state index contributed by atoms with van der Waals surface area (Å²) in [7, 11) is 3.14. The smallest absolute Gasteiger partial charge is 0.237 e. The molecule has 19 heavy (non-hydrogen) atoms. The number of carbonyl (C=O) groups is 1. The lowest BCUT2D eigenvalue weighted by atomic mass is 10.0. The second-order valence-electron chi connectivity index (χ2n) is 5.82. The molecule has 0 radical (unpaired) electrons. The second kappa shape index (κ2) is 9.28. The summed E-state index contributed by atoms with van der Waals surface area (Å²) in [5, 5.41) is 2.94. The SMILES string of the molecule is COC(OC)C(CC(C)C)NC(=O)[C@@H](N)CC(C)C. The topological polar surface area (TPSA) is 73.6 Å². The number of methoxy groups -OCH3 is 2. The Balaban J connectivity index is 4.57. The normalized spacial score (nSPS) is 15.1. The summed E-state index contributed by atoms with van der Waals surface area (Å²) in [4.78, 5) is 12.1. The number of nitrogens with two attached hydrogens (primary N) is 1. The van der Waals surface area contributed by atoms with Crippen molar-refractivity contribution in [2.45, 2.75) is 58.9 Å². The maximum absolute atomic E-state index is 12.1. The van der Waals surface area contributed by atoms with Crippen molar-refractivity contribution < 1.29 is 14.3 Å². The number of rotatable bonds is 9. The highest BCUT2D eigenvalue weighted by molar-refractivity contribution is 5.81. The molecule has 0 bridgehead atoms. The highest BCUT2D eigenvalue weighted by Gasteiger charge is 2.26. The molecule has 0 saturated carbocycles. The summed E-state index contributed by atoms with van der Waals surface area (Å²) < 4.78 is 10.5. The maximum Gasteiger partial charge on any atom is 0.237 e. The lowest BCUT2D eigenvalue weighted by Gasteiger charge is -2.28. The van der Waals surface area contributed by atoms with E-state index in [2.05, 4.69) is 19.2 Å². The zero-order chi connectivity index (χ0) is 15.0. The third kappa shape index (κ3) is 7.50. The molecule has 0 aromatic heterocycles. The van der Waals surface area contributed by atoms with E-state index in [9.17, 15) is 4.79 Å². The molecule has 0 aliphatic heterocycles. The van der Waals surface area contributed by atoms with Gasteiger partial charge in [-0.3, -0.25) is 4.79 Å². The van der Waals surface area contributed by atoms with Gasteiger partial charge in [0, 0.05) is 14.2 Å². The highest BCUT2D eigenvalue weighted by Crippen LogP contribution is 2.12. The molecule has 5 nitrogen and oxygen atoms in total. The Morgan fingerprint density at radius 3 is 1.89 bits per heavy atom. The molecule has 1 amide bonds. The van der Waals surface area contributed by atoms with Gasteiger partial charge in [-0.25, -0.2) is 0 Å². The van der Waals surface area contributed by atoms with E-state index in [1.807, 2.05) is 13.8 Å². The number of amides is 1. The Bertz CT molecular complexity index is 253. The van der Waals surface area contributed by atoms with Crippen molar-refractivity contribution in [2.75, 3.05) is 14.2 Å². The zero-order valence-corrected chi connectivity index (χ0v) is 13.1. The van der Waals surface area contributed by atoms with E-state index in [-0.39, 0.29) is 11.9 Å². The summed E-state index contributed by atoms with van der Waals surface area (Å²) >= 11 is 0. The number of hydrogen-bond acceptors (Lipinski definition) is 4. The number of hydrogen-bond donors (Lipinski definition) is 2. The van der Waals surface area contributed by atoms with Gasteiger partial charge in [-0.15, -0.1) is 0 Å². The minimum absolute atomic E-state index is 0.140. The van der Waals surface area contributed by atoms with Crippen molar-refractivity contribution >= 4 is 5.91 Å². The fourth-order valence-electron chi connectivity index (χ4n) is 2.08. The van der Waals surface area contributed by atoms with Crippen molar-refractivity contribution in [2.24, 2.45) is 17.6 Å². The van der Waals surface area contributed by atoms with Crippen LogP contribution in [0.3, 0.4) is 0 Å². The molecule has 0 heterocycles. The molecule has 0 aliphatic rings. The van der Waals surface area contributed by atoms with Crippen molar-refractivity contribution in [1.29, 1.82) is 0 Å². The molecule has 3 N–H and O–H groups in total. The van der Waals surface area contributed by atoms with Crippen LogP contribution in [-0.4, -0.2) is 38.5 Å². The summed E-state index contributed by atoms with van der Waals surface area (Å²) in [6.07, 6.45) is 1.01. The molecule has 0 fully saturated rings. The van der Waals surface area contributed by atoms with E-state index in [0.717, 1.165) is 6.42 Å². The monoisotopic (exact) mass is 274 g/mol. The Labute approximate surface area is 117 Å². The predicted molar refractivity (Wildman–Crippen MR) is 76.6 cm³/mol. The van der Waals surface area contributed by atoms with Gasteiger partial charge in [0.25, 0.3) is 0 Å². The van der Waals surface area contributed by atoms with Gasteiger partial charge < -0.3 is 20.5 Å². The number of nitrogens with one attached hydrogen (secondary N) is 1. The average Bonchev–Trinajstić information content (AvgIpc) is 2.28. The van der Waals surface area contributed by atoms with Crippen LogP contribution in [0.1, 0.15) is 40.5 Å². The Morgan fingerprint density at radius 2 is 1.53 bits per heavy atom. The molecular formula is C14H30N2O3. The van der Waals surface area contributed by atoms with Gasteiger partial charge in [-0.1, -0.05) is 27.7 Å². The molecule has 5 heteroatoms. The highest BCUT2D eigenvalue weighted by atomic mass is 16.7. The Kier molecular flexibility index (Phi) is 8.97. The van der Waals surface area contributed by atoms with Crippen molar-refractivity contribution in [3.63, 3.8) is 0 Å². The first-order valence-electron chi connectivity index (χ1n) is 6.93. The second-order valence-corrected chi connectivity index (χ2v) is 5.82. The minimum Gasteiger partial charge on any atom is -0.354 e. The minimum atomic E-state index is -0.482. The van der Waals surface area contributed by atoms with Crippen LogP contribution in [0.15, 0.2) is 0 Å². The van der Waals surface area contributed by atoms with Crippen LogP contribution in [0.2, 0.25) is 0 Å². The first-order valence-corrected chi connectivity index (χ1v) is 6.93. The predicted octanol–water partition coefficient (Wildman–Crippen LogP) is 1.51. The van der Waals surface area contributed by atoms with Crippen LogP contribution in [0.4, 0.5) is 0 Å². The van der Waals surface area contributed by atoms with Crippen LogP contribution in [-0.2, 0) is 14.3 Å². The standard InChI is InChI=1S/C14H30N2O3/c1-9(2)7-11(15)13(17)16-12(8-10(3)4)14(18-5)19-6/h9-12,14H,7-8,15H2,1-6H3,(H,16,17)/t11-,12?/m0/s1. The Hall–Kier alpha value is -0.650. The molecule has 0 aliphatic carbocycles. The van der Waals surface area contributed by atoms with Crippen molar-refractivity contribution in [3.05, 3.63) is 0 Å². The summed E-state index contributed by atoms with van der Waals surface area (Å²) in [6.45, 7) is 8.28. The summed E-state index contributed by atoms with van der Waals surface area (Å²) in [5.41, 5.74) is 5.89. The van der Waals surface area contributed by atoms with E-state index in [4.69, 9.17) is 15.2 Å². The largest absolute Gasteiger partial charge is 0.354 e. The van der Waals surface area contributed by atoms with Gasteiger partial charge in [-0.2, -0.15) is 0 Å². The van der Waals surface area contributed by atoms with E-state index < -0.39 is 12.3 Å². The van der Waals surface area contributed by atoms with E-state index in [0.29, 0.717) is 18.3 Å². The van der Waals surface area contributed by atoms with Gasteiger partial charge >= 0.3 is 0 Å². The lowest BCUT2D eigenvalue weighted by molar-refractivity contribution is -0.140. The molecule has 0 aromatic rings. The molecular weight excluding hydrogens is 244 g/mol. The van der Waals surface area contributed by atoms with E-state index >= 15 is 0 Å². The van der Waals surface area contributed by atoms with Gasteiger partial charge in [0.2, 0.25) is 5.91 Å². The molecule has 0 aromatic carbocycles. The average molecular weight is 274 g/mol. The summed E-state index contributed by atoms with van der Waals surface area (Å²) in [6, 6.07) is -0.662. The molecule has 2 atom stereocenters. The molecule has 114 valence electrons. The third-order valence-corrected chi connectivity index (χ3v) is 2.91. The van der Waals surface area contributed by atoms with Crippen molar-refractivity contribution in [3.8, 4) is 0 Å². The van der Waals surface area contributed by atoms with Crippen LogP contribution in [0.25, 0.3) is 0 Å². The van der Waals surface area contributed by atoms with Gasteiger partial charge in [-0.05, 0) is 24.7 Å². The third-order valence-electron chi connectivity index (χ3n) is 2.91. The first-order chi connectivity index (χ1) is 8.81. The molecule has 0 rings (SSSR count). The molecule has 1 unspecified atom stereocenters. The van der Waals surface area contributed by atoms with Crippen LogP contribution in [0, 0.1) is 11.8 Å². The zero-order valence-electron chi connectivity index (χ0n) is 13.1. The molecule has 0 spiro atoms. The first kappa shape index (κ1) is 18.4. The van der Waals surface area contributed by atoms with Crippen LogP contribution >= 0.6 is 0 Å². The quantitative estimate of drug-likeness (QED) is 0.625. The van der Waals surface area contributed by atoms with Gasteiger partial charge in [0.15, 0.2) is 6.29 Å². The van der Waals surface area contributed by atoms with Crippen molar-refractivity contribution in [1.82, 2.24) is 5.32 Å². The number of ether oxygens (including phenoxy) is 2. The fourth-order valence-corrected chi connectivity index (χ4v) is 2.08. The van der Waals surface area contributed by atoms with Gasteiger partial charge in [0.05, 0.1) is 12.1 Å². The number of carbonyl (C=O) groups excluding carboxylic acids is 1.